The molecule has 26 heavy (non-hydrogen) atoms. The number of benzene rings is 1. The van der Waals surface area contributed by atoms with Crippen molar-refractivity contribution in [2.24, 2.45) is 0 Å². The van der Waals surface area contributed by atoms with Crippen LogP contribution in [-0.4, -0.2) is 33.2 Å². The molecule has 0 amide bonds. The van der Waals surface area contributed by atoms with E-state index in [9.17, 15) is 0 Å². The molecule has 1 aromatic carbocycles. The van der Waals surface area contributed by atoms with E-state index in [-0.39, 0.29) is 6.04 Å². The van der Waals surface area contributed by atoms with Gasteiger partial charge < -0.3 is 15.0 Å². The number of rotatable bonds is 5. The van der Waals surface area contributed by atoms with E-state index in [0.717, 1.165) is 32.0 Å². The molecule has 0 fully saturated rings. The Morgan fingerprint density at radius 1 is 1.19 bits per heavy atom. The summed E-state index contributed by atoms with van der Waals surface area (Å²) < 4.78 is 7.51. The minimum absolute atomic E-state index is 0.147. The molecule has 0 saturated heterocycles. The van der Waals surface area contributed by atoms with Crippen LogP contribution in [0.5, 0.6) is 0 Å². The van der Waals surface area contributed by atoms with Crippen molar-refractivity contribution in [1.29, 1.82) is 0 Å². The Labute approximate surface area is 155 Å². The topological polar surface area (TPSA) is 78.9 Å². The van der Waals surface area contributed by atoms with Gasteiger partial charge in [-0.25, -0.2) is 15.0 Å². The molecule has 0 aliphatic rings. The van der Waals surface area contributed by atoms with Crippen molar-refractivity contribution in [2.75, 3.05) is 19.5 Å². The standard InChI is InChI=1S/C19H19N5OS/c1-12(9-25-2)24-11-23-16(13-6-4-3-5-7-13)17(24)15-8-14-18(20)21-10-22-19(14)26-15/h3-8,10-12H,9H2,1-2H3,(H2,20,21,22). The Hall–Kier alpha value is -2.77. The highest BCUT2D eigenvalue weighted by atomic mass is 32.1. The van der Waals surface area contributed by atoms with Crippen molar-refractivity contribution in [1.82, 2.24) is 19.5 Å². The molecule has 4 rings (SSSR count). The van der Waals surface area contributed by atoms with Crippen LogP contribution in [0.1, 0.15) is 13.0 Å². The molecule has 4 aromatic rings. The van der Waals surface area contributed by atoms with E-state index in [4.69, 9.17) is 15.5 Å². The van der Waals surface area contributed by atoms with Crippen LogP contribution in [0, 0.1) is 0 Å². The highest BCUT2D eigenvalue weighted by molar-refractivity contribution is 7.21. The van der Waals surface area contributed by atoms with Crippen LogP contribution in [0.15, 0.2) is 49.1 Å². The molecule has 3 heterocycles. The summed E-state index contributed by atoms with van der Waals surface area (Å²) in [6.45, 7) is 2.72. The van der Waals surface area contributed by atoms with E-state index in [1.807, 2.05) is 24.5 Å². The monoisotopic (exact) mass is 365 g/mol. The van der Waals surface area contributed by atoms with Gasteiger partial charge >= 0.3 is 0 Å². The first-order valence-corrected chi connectivity index (χ1v) is 9.12. The molecule has 132 valence electrons. The Balaban J connectivity index is 1.94. The SMILES string of the molecule is COCC(C)n1cnc(-c2ccccc2)c1-c1cc2c(N)ncnc2s1. The maximum Gasteiger partial charge on any atom is 0.135 e. The average Bonchev–Trinajstić information content (AvgIpc) is 3.27. The van der Waals surface area contributed by atoms with Crippen molar-refractivity contribution in [3.8, 4) is 21.8 Å². The zero-order chi connectivity index (χ0) is 18.1. The largest absolute Gasteiger partial charge is 0.383 e. The number of nitrogens with two attached hydrogens (primary N) is 1. The van der Waals surface area contributed by atoms with Crippen molar-refractivity contribution < 1.29 is 4.74 Å². The third-order valence-corrected chi connectivity index (χ3v) is 5.37. The fourth-order valence-corrected chi connectivity index (χ4v) is 4.12. The molecule has 7 heteroatoms. The zero-order valence-electron chi connectivity index (χ0n) is 14.6. The quantitative estimate of drug-likeness (QED) is 0.578. The van der Waals surface area contributed by atoms with E-state index < -0.39 is 0 Å². The fraction of sp³-hybridized carbons (Fsp3) is 0.211. The lowest BCUT2D eigenvalue weighted by atomic mass is 10.1. The number of nitrogens with zero attached hydrogens (tertiary/aromatic N) is 4. The van der Waals surface area contributed by atoms with Gasteiger partial charge in [-0.15, -0.1) is 11.3 Å². The number of methoxy groups -OCH3 is 1. The average molecular weight is 365 g/mol. The molecule has 0 aliphatic carbocycles. The molecule has 0 saturated carbocycles. The summed E-state index contributed by atoms with van der Waals surface area (Å²) >= 11 is 1.59. The maximum atomic E-state index is 6.03. The molecular formula is C19H19N5OS. The lowest BCUT2D eigenvalue weighted by molar-refractivity contribution is 0.163. The minimum Gasteiger partial charge on any atom is -0.383 e. The molecule has 0 spiro atoms. The predicted molar refractivity (Wildman–Crippen MR) is 105 cm³/mol. The number of aromatic nitrogens is 4. The van der Waals surface area contributed by atoms with E-state index in [1.165, 1.54) is 6.33 Å². The smallest absolute Gasteiger partial charge is 0.135 e. The summed E-state index contributed by atoms with van der Waals surface area (Å²) in [5.74, 6) is 0.495. The first-order valence-electron chi connectivity index (χ1n) is 8.30. The van der Waals surface area contributed by atoms with Crippen LogP contribution in [0.2, 0.25) is 0 Å². The van der Waals surface area contributed by atoms with Gasteiger partial charge in [-0.3, -0.25) is 0 Å². The maximum absolute atomic E-state index is 6.03. The summed E-state index contributed by atoms with van der Waals surface area (Å²) in [6.07, 6.45) is 3.38. The van der Waals surface area contributed by atoms with Crippen LogP contribution < -0.4 is 5.73 Å². The van der Waals surface area contributed by atoms with Gasteiger partial charge in [0.25, 0.3) is 0 Å². The van der Waals surface area contributed by atoms with Crippen molar-refractivity contribution in [2.45, 2.75) is 13.0 Å². The fourth-order valence-electron chi connectivity index (χ4n) is 3.06. The summed E-state index contributed by atoms with van der Waals surface area (Å²) in [6, 6.07) is 12.4. The molecule has 0 aliphatic heterocycles. The van der Waals surface area contributed by atoms with Gasteiger partial charge in [0.2, 0.25) is 0 Å². The highest BCUT2D eigenvalue weighted by Crippen LogP contribution is 2.40. The number of hydrogen-bond acceptors (Lipinski definition) is 6. The normalized spacial score (nSPS) is 12.5. The van der Waals surface area contributed by atoms with E-state index in [1.54, 1.807) is 18.4 Å². The summed E-state index contributed by atoms with van der Waals surface area (Å²) in [5.41, 5.74) is 9.08. The van der Waals surface area contributed by atoms with Gasteiger partial charge in [0.05, 0.1) is 40.6 Å². The predicted octanol–water partition coefficient (Wildman–Crippen LogP) is 4.01. The Bertz CT molecular complexity index is 1040. The van der Waals surface area contributed by atoms with Crippen LogP contribution in [-0.2, 0) is 4.74 Å². The highest BCUT2D eigenvalue weighted by Gasteiger charge is 2.21. The molecule has 2 N–H and O–H groups in total. The lowest BCUT2D eigenvalue weighted by Gasteiger charge is -2.16. The van der Waals surface area contributed by atoms with Gasteiger partial charge in [0.15, 0.2) is 0 Å². The molecule has 6 nitrogen and oxygen atoms in total. The summed E-state index contributed by atoms with van der Waals surface area (Å²) in [4.78, 5) is 15.1. The van der Waals surface area contributed by atoms with Crippen LogP contribution in [0.4, 0.5) is 5.82 Å². The van der Waals surface area contributed by atoms with Crippen LogP contribution in [0.3, 0.4) is 0 Å². The molecule has 1 atom stereocenters. The van der Waals surface area contributed by atoms with Gasteiger partial charge in [0.1, 0.15) is 17.0 Å². The second-order valence-electron chi connectivity index (χ2n) is 6.11. The third-order valence-electron chi connectivity index (χ3n) is 4.32. The van der Waals surface area contributed by atoms with Crippen molar-refractivity contribution >= 4 is 27.4 Å². The van der Waals surface area contributed by atoms with Crippen molar-refractivity contribution in [3.63, 3.8) is 0 Å². The van der Waals surface area contributed by atoms with E-state index in [0.29, 0.717) is 12.4 Å². The minimum atomic E-state index is 0.147. The molecule has 0 radical (unpaired) electrons. The third kappa shape index (κ3) is 2.85. The first-order chi connectivity index (χ1) is 12.7. The molecule has 1 unspecified atom stereocenters. The Morgan fingerprint density at radius 3 is 2.73 bits per heavy atom. The second kappa shape index (κ2) is 6.86. The molecule has 3 aromatic heterocycles. The number of nitrogen functional groups attached to an aromatic ring is 1. The van der Waals surface area contributed by atoms with E-state index >= 15 is 0 Å². The van der Waals surface area contributed by atoms with Crippen LogP contribution in [0.25, 0.3) is 32.0 Å². The number of ether oxygens (including phenoxy) is 1. The summed E-state index contributed by atoms with van der Waals surface area (Å²) in [7, 11) is 1.71. The number of anilines is 1. The number of imidazole rings is 1. The zero-order valence-corrected chi connectivity index (χ0v) is 15.4. The second-order valence-corrected chi connectivity index (χ2v) is 7.14. The number of hydrogen-bond donors (Lipinski definition) is 1. The van der Waals surface area contributed by atoms with Gasteiger partial charge in [-0.05, 0) is 13.0 Å². The Kier molecular flexibility index (Phi) is 4.40. The van der Waals surface area contributed by atoms with E-state index in [2.05, 4.69) is 39.7 Å². The van der Waals surface area contributed by atoms with Crippen molar-refractivity contribution in [3.05, 3.63) is 49.1 Å². The lowest BCUT2D eigenvalue weighted by Crippen LogP contribution is -2.11. The van der Waals surface area contributed by atoms with Crippen LogP contribution >= 0.6 is 11.3 Å². The number of thiophene rings is 1. The van der Waals surface area contributed by atoms with Gasteiger partial charge in [-0.1, -0.05) is 30.3 Å². The summed E-state index contributed by atoms with van der Waals surface area (Å²) in [5, 5.41) is 0.874. The molecule has 0 bridgehead atoms. The van der Waals surface area contributed by atoms with Gasteiger partial charge in [-0.2, -0.15) is 0 Å². The molecular weight excluding hydrogens is 346 g/mol. The van der Waals surface area contributed by atoms with Gasteiger partial charge in [0, 0.05) is 12.7 Å². The number of fused-ring (bicyclic) bond motifs is 1. The Morgan fingerprint density at radius 2 is 2.00 bits per heavy atom. The first kappa shape index (κ1) is 16.7.